The van der Waals surface area contributed by atoms with Crippen LogP contribution in [0.1, 0.15) is 0 Å². The molecule has 0 saturated carbocycles. The average molecular weight is 428 g/mol. The highest BCUT2D eigenvalue weighted by atomic mass is 16.5. The van der Waals surface area contributed by atoms with E-state index in [9.17, 15) is 0 Å². The summed E-state index contributed by atoms with van der Waals surface area (Å²) in [5, 5.41) is 12.1. The maximum absolute atomic E-state index is 5.51. The molecule has 5 aromatic rings. The minimum atomic E-state index is 0.448. The molecule has 8 heteroatoms. The van der Waals surface area contributed by atoms with Crippen molar-refractivity contribution in [2.75, 3.05) is 21.3 Å². The second-order valence-corrected chi connectivity index (χ2v) is 7.09. The SMILES string of the molecule is COc1cc(-c2ccc(-c3nc(-c4ccc5[nH]ncc5c4)no3)cc2)cc(OC)c1OC. The third kappa shape index (κ3) is 3.41. The van der Waals surface area contributed by atoms with Gasteiger partial charge in [0.1, 0.15) is 0 Å². The minimum Gasteiger partial charge on any atom is -0.493 e. The summed E-state index contributed by atoms with van der Waals surface area (Å²) in [6.07, 6.45) is 1.77. The molecule has 0 saturated heterocycles. The Morgan fingerprint density at radius 3 is 2.12 bits per heavy atom. The Hall–Kier alpha value is -4.33. The van der Waals surface area contributed by atoms with E-state index in [1.165, 1.54) is 0 Å². The molecule has 160 valence electrons. The van der Waals surface area contributed by atoms with Crippen molar-refractivity contribution < 1.29 is 18.7 Å². The molecule has 0 bridgehead atoms. The molecular weight excluding hydrogens is 408 g/mol. The van der Waals surface area contributed by atoms with Gasteiger partial charge in [-0.3, -0.25) is 5.10 Å². The van der Waals surface area contributed by atoms with Crippen LogP contribution >= 0.6 is 0 Å². The fourth-order valence-electron chi connectivity index (χ4n) is 3.59. The number of aromatic amines is 1. The maximum atomic E-state index is 5.51. The predicted molar refractivity (Wildman–Crippen MR) is 120 cm³/mol. The molecule has 8 nitrogen and oxygen atoms in total. The summed E-state index contributed by atoms with van der Waals surface area (Å²) < 4.78 is 21.8. The highest BCUT2D eigenvalue weighted by Gasteiger charge is 2.15. The number of nitrogens with one attached hydrogen (secondary N) is 1. The van der Waals surface area contributed by atoms with Crippen molar-refractivity contribution in [1.82, 2.24) is 20.3 Å². The molecule has 2 aromatic heterocycles. The highest BCUT2D eigenvalue weighted by molar-refractivity contribution is 5.83. The Balaban J connectivity index is 1.44. The second-order valence-electron chi connectivity index (χ2n) is 7.09. The smallest absolute Gasteiger partial charge is 0.258 e. The number of H-pyrrole nitrogens is 1. The average Bonchev–Trinajstić information content (AvgIpc) is 3.52. The maximum Gasteiger partial charge on any atom is 0.258 e. The molecule has 0 spiro atoms. The van der Waals surface area contributed by atoms with Gasteiger partial charge >= 0.3 is 0 Å². The zero-order valence-electron chi connectivity index (χ0n) is 17.7. The topological polar surface area (TPSA) is 95.3 Å². The zero-order valence-corrected chi connectivity index (χ0v) is 17.7. The van der Waals surface area contributed by atoms with E-state index in [0.717, 1.165) is 33.2 Å². The normalized spacial score (nSPS) is 11.0. The predicted octanol–water partition coefficient (Wildman–Crippen LogP) is 4.97. The van der Waals surface area contributed by atoms with Crippen molar-refractivity contribution in [1.29, 1.82) is 0 Å². The van der Waals surface area contributed by atoms with Crippen LogP contribution < -0.4 is 14.2 Å². The third-order valence-electron chi connectivity index (χ3n) is 5.25. The molecule has 5 rings (SSSR count). The van der Waals surface area contributed by atoms with Crippen LogP contribution in [0.3, 0.4) is 0 Å². The quantitative estimate of drug-likeness (QED) is 0.408. The second kappa shape index (κ2) is 8.07. The van der Waals surface area contributed by atoms with Gasteiger partial charge in [0.25, 0.3) is 5.89 Å². The first-order valence-electron chi connectivity index (χ1n) is 9.88. The Labute approximate surface area is 183 Å². The lowest BCUT2D eigenvalue weighted by molar-refractivity contribution is 0.324. The first kappa shape index (κ1) is 19.6. The summed E-state index contributed by atoms with van der Waals surface area (Å²) in [5.74, 6) is 2.73. The van der Waals surface area contributed by atoms with E-state index in [-0.39, 0.29) is 0 Å². The molecule has 0 aliphatic heterocycles. The van der Waals surface area contributed by atoms with Crippen LogP contribution in [-0.2, 0) is 0 Å². The molecule has 0 radical (unpaired) electrons. The molecule has 0 atom stereocenters. The van der Waals surface area contributed by atoms with Gasteiger partial charge in [-0.2, -0.15) is 10.1 Å². The first-order chi connectivity index (χ1) is 15.7. The largest absolute Gasteiger partial charge is 0.493 e. The first-order valence-corrected chi connectivity index (χ1v) is 9.88. The van der Waals surface area contributed by atoms with Gasteiger partial charge < -0.3 is 18.7 Å². The Bertz CT molecular complexity index is 1360. The van der Waals surface area contributed by atoms with Gasteiger partial charge in [0.05, 0.1) is 33.0 Å². The lowest BCUT2D eigenvalue weighted by Crippen LogP contribution is -1.95. The summed E-state index contributed by atoms with van der Waals surface area (Å²) >= 11 is 0. The van der Waals surface area contributed by atoms with E-state index in [4.69, 9.17) is 18.7 Å². The van der Waals surface area contributed by atoms with Gasteiger partial charge in [0, 0.05) is 16.5 Å². The third-order valence-corrected chi connectivity index (χ3v) is 5.25. The summed E-state index contributed by atoms with van der Waals surface area (Å²) in [7, 11) is 4.78. The summed E-state index contributed by atoms with van der Waals surface area (Å²) in [6.45, 7) is 0. The Morgan fingerprint density at radius 2 is 1.44 bits per heavy atom. The highest BCUT2D eigenvalue weighted by Crippen LogP contribution is 2.41. The van der Waals surface area contributed by atoms with Crippen LogP contribution in [0.4, 0.5) is 0 Å². The van der Waals surface area contributed by atoms with Crippen molar-refractivity contribution in [3.05, 3.63) is 60.8 Å². The summed E-state index contributed by atoms with van der Waals surface area (Å²) in [4.78, 5) is 4.56. The van der Waals surface area contributed by atoms with Crippen LogP contribution in [0, 0.1) is 0 Å². The van der Waals surface area contributed by atoms with E-state index in [1.807, 2.05) is 54.6 Å². The van der Waals surface area contributed by atoms with Crippen molar-refractivity contribution in [2.24, 2.45) is 0 Å². The van der Waals surface area contributed by atoms with Gasteiger partial charge in [-0.05, 0) is 53.6 Å². The number of ether oxygens (including phenoxy) is 3. The number of nitrogens with zero attached hydrogens (tertiary/aromatic N) is 3. The van der Waals surface area contributed by atoms with E-state index in [1.54, 1.807) is 27.5 Å². The molecule has 0 unspecified atom stereocenters. The van der Waals surface area contributed by atoms with Crippen LogP contribution in [-0.4, -0.2) is 41.7 Å². The number of fused-ring (bicyclic) bond motifs is 1. The van der Waals surface area contributed by atoms with Gasteiger partial charge in [0.15, 0.2) is 11.5 Å². The number of hydrogen-bond donors (Lipinski definition) is 1. The molecule has 2 heterocycles. The van der Waals surface area contributed by atoms with Gasteiger partial charge in [0.2, 0.25) is 11.6 Å². The fraction of sp³-hybridized carbons (Fsp3) is 0.125. The monoisotopic (exact) mass is 428 g/mol. The zero-order chi connectivity index (χ0) is 22.1. The molecular formula is C24H20N4O4. The molecule has 0 fully saturated rings. The van der Waals surface area contributed by atoms with Crippen molar-refractivity contribution in [3.63, 3.8) is 0 Å². The van der Waals surface area contributed by atoms with Gasteiger partial charge in [-0.15, -0.1) is 0 Å². The van der Waals surface area contributed by atoms with Crippen LogP contribution in [0.25, 0.3) is 44.9 Å². The van der Waals surface area contributed by atoms with E-state index >= 15 is 0 Å². The van der Waals surface area contributed by atoms with Gasteiger partial charge in [-0.1, -0.05) is 17.3 Å². The standard InChI is InChI=1S/C24H20N4O4/c1-29-20-11-17(12-21(30-2)22(20)31-3)14-4-6-15(7-5-14)24-26-23(28-32-24)16-8-9-19-18(10-16)13-25-27-19/h4-13H,1-3H3,(H,25,27). The Kier molecular flexibility index (Phi) is 4.95. The lowest BCUT2D eigenvalue weighted by atomic mass is 10.0. The van der Waals surface area contributed by atoms with E-state index in [0.29, 0.717) is 29.0 Å². The summed E-state index contributed by atoms with van der Waals surface area (Å²) in [5.41, 5.74) is 4.57. The lowest BCUT2D eigenvalue weighted by Gasteiger charge is -2.14. The van der Waals surface area contributed by atoms with Gasteiger partial charge in [-0.25, -0.2) is 0 Å². The van der Waals surface area contributed by atoms with Crippen molar-refractivity contribution >= 4 is 10.9 Å². The molecule has 32 heavy (non-hydrogen) atoms. The molecule has 0 amide bonds. The number of benzene rings is 3. The minimum absolute atomic E-state index is 0.448. The Morgan fingerprint density at radius 1 is 0.750 bits per heavy atom. The van der Waals surface area contributed by atoms with Crippen molar-refractivity contribution in [2.45, 2.75) is 0 Å². The van der Waals surface area contributed by atoms with Crippen molar-refractivity contribution in [3.8, 4) is 51.2 Å². The number of methoxy groups -OCH3 is 3. The molecule has 3 aromatic carbocycles. The molecule has 1 N–H and O–H groups in total. The van der Waals surface area contributed by atoms with Crippen LogP contribution in [0.15, 0.2) is 65.3 Å². The molecule has 0 aliphatic rings. The van der Waals surface area contributed by atoms with E-state index < -0.39 is 0 Å². The van der Waals surface area contributed by atoms with Crippen LogP contribution in [0.5, 0.6) is 17.2 Å². The fourth-order valence-corrected chi connectivity index (χ4v) is 3.59. The van der Waals surface area contributed by atoms with E-state index in [2.05, 4.69) is 20.3 Å². The van der Waals surface area contributed by atoms with Crippen LogP contribution in [0.2, 0.25) is 0 Å². The number of rotatable bonds is 6. The summed E-state index contributed by atoms with van der Waals surface area (Å²) in [6, 6.07) is 17.5. The number of aromatic nitrogens is 4. The molecule has 0 aliphatic carbocycles. The number of hydrogen-bond acceptors (Lipinski definition) is 7.